The molecule has 2 fully saturated rings. The van der Waals surface area contributed by atoms with Gasteiger partial charge in [0.2, 0.25) is 0 Å². The van der Waals surface area contributed by atoms with Crippen LogP contribution in [0.4, 0.5) is 0 Å². The van der Waals surface area contributed by atoms with Crippen LogP contribution in [0.2, 0.25) is 0 Å². The van der Waals surface area contributed by atoms with Gasteiger partial charge < -0.3 is 15.0 Å². The van der Waals surface area contributed by atoms with Gasteiger partial charge in [0.25, 0.3) is 5.91 Å². The van der Waals surface area contributed by atoms with E-state index < -0.39 is 0 Å². The SMILES string of the molecule is O=C(c1ccc(Br)cn1)N1CCO[C@H]2CNC[C@H]21. The lowest BCUT2D eigenvalue weighted by atomic mass is 10.1. The second-order valence-corrected chi connectivity index (χ2v) is 5.41. The number of carbonyl (C=O) groups is 1. The summed E-state index contributed by atoms with van der Waals surface area (Å²) in [4.78, 5) is 18.5. The van der Waals surface area contributed by atoms with Crippen LogP contribution in [0.3, 0.4) is 0 Å². The molecule has 1 aromatic rings. The first-order chi connectivity index (χ1) is 8.75. The highest BCUT2D eigenvalue weighted by molar-refractivity contribution is 9.10. The smallest absolute Gasteiger partial charge is 0.272 e. The van der Waals surface area contributed by atoms with Crippen LogP contribution in [0.15, 0.2) is 22.8 Å². The van der Waals surface area contributed by atoms with Crippen LogP contribution in [0.1, 0.15) is 10.5 Å². The summed E-state index contributed by atoms with van der Waals surface area (Å²) in [7, 11) is 0. The van der Waals surface area contributed by atoms with Gasteiger partial charge >= 0.3 is 0 Å². The van der Waals surface area contributed by atoms with Gasteiger partial charge in [-0.2, -0.15) is 0 Å². The first-order valence-corrected chi connectivity index (χ1v) is 6.80. The summed E-state index contributed by atoms with van der Waals surface area (Å²) in [6.07, 6.45) is 1.77. The van der Waals surface area contributed by atoms with Crippen molar-refractivity contribution in [2.75, 3.05) is 26.2 Å². The Morgan fingerprint density at radius 2 is 2.39 bits per heavy atom. The van der Waals surface area contributed by atoms with Gasteiger partial charge in [-0.15, -0.1) is 0 Å². The number of nitrogens with zero attached hydrogens (tertiary/aromatic N) is 2. The number of fused-ring (bicyclic) bond motifs is 1. The highest BCUT2D eigenvalue weighted by atomic mass is 79.9. The third-order valence-electron chi connectivity index (χ3n) is 3.40. The fourth-order valence-corrected chi connectivity index (χ4v) is 2.73. The molecule has 2 saturated heterocycles. The molecule has 3 heterocycles. The molecule has 0 aromatic carbocycles. The van der Waals surface area contributed by atoms with Gasteiger partial charge in [-0.1, -0.05) is 0 Å². The van der Waals surface area contributed by atoms with Crippen molar-refractivity contribution in [3.05, 3.63) is 28.5 Å². The van der Waals surface area contributed by atoms with E-state index in [0.717, 1.165) is 17.6 Å². The van der Waals surface area contributed by atoms with Gasteiger partial charge in [-0.25, -0.2) is 4.98 Å². The Bertz CT molecular complexity index is 451. The van der Waals surface area contributed by atoms with Crippen LogP contribution in [-0.4, -0.2) is 54.2 Å². The van der Waals surface area contributed by atoms with Crippen LogP contribution >= 0.6 is 15.9 Å². The van der Waals surface area contributed by atoms with Crippen molar-refractivity contribution in [1.82, 2.24) is 15.2 Å². The summed E-state index contributed by atoms with van der Waals surface area (Å²) in [5.41, 5.74) is 0.491. The lowest BCUT2D eigenvalue weighted by Gasteiger charge is -2.36. The van der Waals surface area contributed by atoms with Crippen LogP contribution in [0, 0.1) is 0 Å². The van der Waals surface area contributed by atoms with E-state index in [1.165, 1.54) is 0 Å². The van der Waals surface area contributed by atoms with Gasteiger partial charge in [-0.3, -0.25) is 4.79 Å². The first kappa shape index (κ1) is 12.1. The zero-order valence-electron chi connectivity index (χ0n) is 9.80. The number of carbonyl (C=O) groups excluding carboxylic acids is 1. The quantitative estimate of drug-likeness (QED) is 0.828. The molecule has 2 aliphatic rings. The molecule has 2 atom stereocenters. The minimum absolute atomic E-state index is 0.00972. The maximum atomic E-state index is 12.4. The minimum Gasteiger partial charge on any atom is -0.373 e. The Labute approximate surface area is 114 Å². The second kappa shape index (κ2) is 4.95. The molecule has 96 valence electrons. The molecule has 1 amide bonds. The average molecular weight is 312 g/mol. The molecule has 1 aromatic heterocycles. The molecule has 18 heavy (non-hydrogen) atoms. The summed E-state index contributed by atoms with van der Waals surface area (Å²) in [6.45, 7) is 2.86. The molecule has 6 heteroatoms. The highest BCUT2D eigenvalue weighted by Crippen LogP contribution is 2.20. The predicted octanol–water partition coefficient (Wildman–Crippen LogP) is 0.657. The van der Waals surface area contributed by atoms with E-state index in [2.05, 4.69) is 26.2 Å². The molecule has 3 rings (SSSR count). The fraction of sp³-hybridized carbons (Fsp3) is 0.500. The number of morpholine rings is 1. The normalized spacial score (nSPS) is 27.1. The topological polar surface area (TPSA) is 54.5 Å². The maximum absolute atomic E-state index is 12.4. The van der Waals surface area contributed by atoms with Gasteiger partial charge in [-0.05, 0) is 28.1 Å². The third-order valence-corrected chi connectivity index (χ3v) is 3.87. The van der Waals surface area contributed by atoms with Crippen molar-refractivity contribution in [3.8, 4) is 0 Å². The Morgan fingerprint density at radius 1 is 1.50 bits per heavy atom. The van der Waals surface area contributed by atoms with E-state index in [0.29, 0.717) is 18.8 Å². The van der Waals surface area contributed by atoms with E-state index in [-0.39, 0.29) is 18.1 Å². The number of pyridine rings is 1. The van der Waals surface area contributed by atoms with Crippen LogP contribution in [0.25, 0.3) is 0 Å². The molecule has 0 unspecified atom stereocenters. The van der Waals surface area contributed by atoms with Crippen molar-refractivity contribution < 1.29 is 9.53 Å². The Kier molecular flexibility index (Phi) is 3.32. The Morgan fingerprint density at radius 3 is 3.17 bits per heavy atom. The predicted molar refractivity (Wildman–Crippen MR) is 69.4 cm³/mol. The molecular weight excluding hydrogens is 298 g/mol. The summed E-state index contributed by atoms with van der Waals surface area (Å²) < 4.78 is 6.53. The zero-order chi connectivity index (χ0) is 12.5. The zero-order valence-corrected chi connectivity index (χ0v) is 11.4. The number of halogens is 1. The minimum atomic E-state index is -0.00972. The molecule has 0 aliphatic carbocycles. The number of aromatic nitrogens is 1. The molecule has 5 nitrogen and oxygen atoms in total. The summed E-state index contributed by atoms with van der Waals surface area (Å²) >= 11 is 3.32. The monoisotopic (exact) mass is 311 g/mol. The highest BCUT2D eigenvalue weighted by Gasteiger charge is 2.38. The van der Waals surface area contributed by atoms with Gasteiger partial charge in [0, 0.05) is 30.3 Å². The van der Waals surface area contributed by atoms with Gasteiger partial charge in [0.15, 0.2) is 0 Å². The second-order valence-electron chi connectivity index (χ2n) is 4.50. The summed E-state index contributed by atoms with van der Waals surface area (Å²) in [6, 6.07) is 3.72. The molecule has 0 saturated carbocycles. The number of hydrogen-bond donors (Lipinski definition) is 1. The van der Waals surface area contributed by atoms with E-state index >= 15 is 0 Å². The van der Waals surface area contributed by atoms with Crippen molar-refractivity contribution in [2.45, 2.75) is 12.1 Å². The Hall–Kier alpha value is -0.980. The van der Waals surface area contributed by atoms with Crippen LogP contribution < -0.4 is 5.32 Å². The first-order valence-electron chi connectivity index (χ1n) is 6.00. The van der Waals surface area contributed by atoms with Crippen molar-refractivity contribution in [3.63, 3.8) is 0 Å². The average Bonchev–Trinajstić information content (AvgIpc) is 2.87. The van der Waals surface area contributed by atoms with Crippen LogP contribution in [0.5, 0.6) is 0 Å². The van der Waals surface area contributed by atoms with Crippen molar-refractivity contribution in [1.29, 1.82) is 0 Å². The molecule has 1 N–H and O–H groups in total. The standard InChI is InChI=1S/C12H14BrN3O2/c13-8-1-2-9(15-5-8)12(17)16-3-4-18-11-7-14-6-10(11)16/h1-2,5,10-11,14H,3-4,6-7H2/t10-,11+/m1/s1. The Balaban J connectivity index is 1.81. The number of nitrogens with one attached hydrogen (secondary N) is 1. The largest absolute Gasteiger partial charge is 0.373 e. The van der Waals surface area contributed by atoms with Gasteiger partial charge in [0.1, 0.15) is 5.69 Å². The van der Waals surface area contributed by atoms with E-state index in [9.17, 15) is 4.79 Å². The van der Waals surface area contributed by atoms with Crippen molar-refractivity contribution in [2.24, 2.45) is 0 Å². The number of rotatable bonds is 1. The molecule has 0 radical (unpaired) electrons. The molecular formula is C12H14BrN3O2. The third kappa shape index (κ3) is 2.15. The molecule has 2 aliphatic heterocycles. The number of ether oxygens (including phenoxy) is 1. The van der Waals surface area contributed by atoms with E-state index in [1.807, 2.05) is 11.0 Å². The molecule has 0 spiro atoms. The molecule has 0 bridgehead atoms. The van der Waals surface area contributed by atoms with E-state index in [1.54, 1.807) is 12.3 Å². The number of hydrogen-bond acceptors (Lipinski definition) is 4. The van der Waals surface area contributed by atoms with E-state index in [4.69, 9.17) is 4.74 Å². The van der Waals surface area contributed by atoms with Gasteiger partial charge in [0.05, 0.1) is 18.8 Å². The van der Waals surface area contributed by atoms with Crippen molar-refractivity contribution >= 4 is 21.8 Å². The lowest BCUT2D eigenvalue weighted by Crippen LogP contribution is -2.53. The fourth-order valence-electron chi connectivity index (χ4n) is 2.49. The lowest BCUT2D eigenvalue weighted by molar-refractivity contribution is -0.0366. The summed E-state index contributed by atoms with van der Waals surface area (Å²) in [5.74, 6) is -0.00972. The number of amides is 1. The van der Waals surface area contributed by atoms with Crippen LogP contribution in [-0.2, 0) is 4.74 Å². The maximum Gasteiger partial charge on any atom is 0.272 e. The summed E-state index contributed by atoms with van der Waals surface area (Å²) in [5, 5.41) is 3.26.